The molecule has 9 nitrogen and oxygen atoms in total. The first-order valence-corrected chi connectivity index (χ1v) is 9.50. The lowest BCUT2D eigenvalue weighted by atomic mass is 10.1. The largest absolute Gasteiger partial charge is 0.493 e. The zero-order chi connectivity index (χ0) is 22.8. The molecule has 0 saturated carbocycles. The van der Waals surface area contributed by atoms with E-state index < -0.39 is 22.4 Å². The second-order valence-electron chi connectivity index (χ2n) is 6.09. The van der Waals surface area contributed by atoms with Gasteiger partial charge in [0.1, 0.15) is 12.2 Å². The summed E-state index contributed by atoms with van der Waals surface area (Å²) in [6.45, 7) is 3.36. The third-order valence-corrected chi connectivity index (χ3v) is 4.04. The summed E-state index contributed by atoms with van der Waals surface area (Å²) in [6, 6.07) is 11.8. The van der Waals surface area contributed by atoms with E-state index in [9.17, 15) is 19.7 Å². The minimum atomic E-state index is -0.946. The lowest BCUT2D eigenvalue weighted by molar-refractivity contribution is -0.385. The number of nitrogens with zero attached hydrogens (tertiary/aromatic N) is 1. The number of methoxy groups -OCH3 is 1. The number of esters is 2. The van der Waals surface area contributed by atoms with Gasteiger partial charge in [0.25, 0.3) is 5.69 Å². The Hall–Kier alpha value is -3.88. The van der Waals surface area contributed by atoms with Gasteiger partial charge in [-0.05, 0) is 31.6 Å². The molecule has 0 radical (unpaired) electrons. The Morgan fingerprint density at radius 1 is 1.00 bits per heavy atom. The van der Waals surface area contributed by atoms with E-state index >= 15 is 0 Å². The van der Waals surface area contributed by atoms with Gasteiger partial charge in [0.05, 0.1) is 36.9 Å². The van der Waals surface area contributed by atoms with Crippen LogP contribution in [-0.4, -0.2) is 37.2 Å². The average Bonchev–Trinajstić information content (AvgIpc) is 2.76. The van der Waals surface area contributed by atoms with E-state index in [1.165, 1.54) is 19.2 Å². The van der Waals surface area contributed by atoms with Crippen LogP contribution < -0.4 is 9.47 Å². The van der Waals surface area contributed by atoms with E-state index in [0.717, 1.165) is 11.6 Å². The normalized spacial score (nSPS) is 10.0. The summed E-state index contributed by atoms with van der Waals surface area (Å²) < 4.78 is 20.8. The number of hydrogen-bond donors (Lipinski definition) is 0. The number of hydrogen-bond acceptors (Lipinski definition) is 8. The molecule has 2 aromatic carbocycles. The lowest BCUT2D eigenvalue weighted by Gasteiger charge is -2.12. The molecule has 0 amide bonds. The Bertz CT molecular complexity index is 949. The summed E-state index contributed by atoms with van der Waals surface area (Å²) in [6.07, 6.45) is 1.05. The standard InChI is InChI=1S/C22H23NO8/c1-4-29-21(24)17(22(25)30-5-2)11-16-12-19(28-3)20(13-18(16)23(26)27)31-14-15-9-7-6-8-10-15/h6-13H,4-5,14H2,1-3H3. The first-order valence-electron chi connectivity index (χ1n) is 9.50. The fourth-order valence-corrected chi connectivity index (χ4v) is 2.62. The molecule has 0 saturated heterocycles. The fourth-order valence-electron chi connectivity index (χ4n) is 2.62. The van der Waals surface area contributed by atoms with Crippen molar-refractivity contribution < 1.29 is 33.5 Å². The maximum atomic E-state index is 12.2. The zero-order valence-corrected chi connectivity index (χ0v) is 17.5. The molecule has 0 atom stereocenters. The molecule has 0 aliphatic heterocycles. The summed E-state index contributed by atoms with van der Waals surface area (Å²) in [5.74, 6) is -1.55. The molecule has 0 aliphatic carbocycles. The van der Waals surface area contributed by atoms with Gasteiger partial charge in [-0.15, -0.1) is 0 Å². The number of ether oxygens (including phenoxy) is 4. The Morgan fingerprint density at radius 3 is 2.13 bits per heavy atom. The van der Waals surface area contributed by atoms with Crippen molar-refractivity contribution in [2.75, 3.05) is 20.3 Å². The van der Waals surface area contributed by atoms with Gasteiger partial charge in [0.15, 0.2) is 11.5 Å². The van der Waals surface area contributed by atoms with Crippen molar-refractivity contribution in [1.29, 1.82) is 0 Å². The van der Waals surface area contributed by atoms with Gasteiger partial charge in [-0.1, -0.05) is 30.3 Å². The topological polar surface area (TPSA) is 114 Å². The summed E-state index contributed by atoms with van der Waals surface area (Å²) in [7, 11) is 1.38. The van der Waals surface area contributed by atoms with E-state index in [0.29, 0.717) is 0 Å². The maximum Gasteiger partial charge on any atom is 0.345 e. The highest BCUT2D eigenvalue weighted by Crippen LogP contribution is 2.36. The predicted octanol–water partition coefficient (Wildman–Crippen LogP) is 3.69. The number of carbonyl (C=O) groups excluding carboxylic acids is 2. The van der Waals surface area contributed by atoms with Gasteiger partial charge in [-0.2, -0.15) is 0 Å². The summed E-state index contributed by atoms with van der Waals surface area (Å²) in [5.41, 5.74) is -0.0186. The Morgan fingerprint density at radius 2 is 1.61 bits per heavy atom. The van der Waals surface area contributed by atoms with Crippen molar-refractivity contribution in [3.63, 3.8) is 0 Å². The first kappa shape index (κ1) is 23.4. The molecule has 0 heterocycles. The quantitative estimate of drug-likeness (QED) is 0.140. The van der Waals surface area contributed by atoms with Crippen LogP contribution in [0.3, 0.4) is 0 Å². The van der Waals surface area contributed by atoms with E-state index in [1.807, 2.05) is 30.3 Å². The SMILES string of the molecule is CCOC(=O)C(=Cc1cc(OC)c(OCc2ccccc2)cc1[N+](=O)[O-])C(=O)OCC. The number of benzene rings is 2. The van der Waals surface area contributed by atoms with E-state index in [1.54, 1.807) is 13.8 Å². The van der Waals surface area contributed by atoms with Crippen LogP contribution >= 0.6 is 0 Å². The molecule has 2 aromatic rings. The fraction of sp³-hybridized carbons (Fsp3) is 0.273. The van der Waals surface area contributed by atoms with Crippen molar-refractivity contribution in [3.05, 3.63) is 69.3 Å². The number of rotatable bonds is 10. The highest BCUT2D eigenvalue weighted by Gasteiger charge is 2.25. The molecule has 0 spiro atoms. The molecule has 9 heteroatoms. The van der Waals surface area contributed by atoms with Gasteiger partial charge in [0.2, 0.25) is 0 Å². The molecular formula is C22H23NO8. The second kappa shape index (κ2) is 11.3. The van der Waals surface area contributed by atoms with Gasteiger partial charge in [-0.25, -0.2) is 9.59 Å². The molecular weight excluding hydrogens is 406 g/mol. The minimum absolute atomic E-state index is 0.0211. The number of nitro benzene ring substituents is 1. The Balaban J connectivity index is 2.49. The van der Waals surface area contributed by atoms with Crippen molar-refractivity contribution in [2.24, 2.45) is 0 Å². The van der Waals surface area contributed by atoms with Crippen molar-refractivity contribution in [2.45, 2.75) is 20.5 Å². The number of carbonyl (C=O) groups is 2. The number of nitro groups is 1. The highest BCUT2D eigenvalue weighted by molar-refractivity contribution is 6.18. The van der Waals surface area contributed by atoms with Gasteiger partial charge in [0, 0.05) is 0 Å². The maximum absolute atomic E-state index is 12.2. The van der Waals surface area contributed by atoms with Crippen LogP contribution in [0.4, 0.5) is 5.69 Å². The summed E-state index contributed by atoms with van der Waals surface area (Å²) in [5, 5.41) is 11.7. The Labute approximate surface area is 179 Å². The molecule has 0 fully saturated rings. The van der Waals surface area contributed by atoms with E-state index in [2.05, 4.69) is 0 Å². The van der Waals surface area contributed by atoms with E-state index in [-0.39, 0.29) is 42.6 Å². The average molecular weight is 429 g/mol. The van der Waals surface area contributed by atoms with Crippen LogP contribution in [0, 0.1) is 10.1 Å². The van der Waals surface area contributed by atoms with Crippen molar-refractivity contribution >= 4 is 23.7 Å². The van der Waals surface area contributed by atoms with Crippen LogP contribution in [-0.2, 0) is 25.7 Å². The minimum Gasteiger partial charge on any atom is -0.493 e. The lowest BCUT2D eigenvalue weighted by Crippen LogP contribution is -2.18. The molecule has 0 bridgehead atoms. The molecule has 0 aromatic heterocycles. The van der Waals surface area contributed by atoms with E-state index in [4.69, 9.17) is 18.9 Å². The predicted molar refractivity (Wildman–Crippen MR) is 112 cm³/mol. The zero-order valence-electron chi connectivity index (χ0n) is 17.5. The smallest absolute Gasteiger partial charge is 0.345 e. The Kier molecular flexibility index (Phi) is 8.56. The third kappa shape index (κ3) is 6.30. The monoisotopic (exact) mass is 429 g/mol. The van der Waals surface area contributed by atoms with Crippen LogP contribution in [0.1, 0.15) is 25.0 Å². The van der Waals surface area contributed by atoms with Crippen LogP contribution in [0.15, 0.2) is 48.0 Å². The summed E-state index contributed by atoms with van der Waals surface area (Å²) in [4.78, 5) is 35.4. The molecule has 31 heavy (non-hydrogen) atoms. The first-order chi connectivity index (χ1) is 14.9. The molecule has 164 valence electrons. The molecule has 2 rings (SSSR count). The van der Waals surface area contributed by atoms with Gasteiger partial charge < -0.3 is 18.9 Å². The van der Waals surface area contributed by atoms with Crippen molar-refractivity contribution in [1.82, 2.24) is 0 Å². The second-order valence-corrected chi connectivity index (χ2v) is 6.09. The molecule has 0 aliphatic rings. The third-order valence-electron chi connectivity index (χ3n) is 4.04. The highest BCUT2D eigenvalue weighted by atomic mass is 16.6. The van der Waals surface area contributed by atoms with Crippen LogP contribution in [0.25, 0.3) is 6.08 Å². The van der Waals surface area contributed by atoms with Crippen LogP contribution in [0.2, 0.25) is 0 Å². The van der Waals surface area contributed by atoms with Gasteiger partial charge in [-0.3, -0.25) is 10.1 Å². The summed E-state index contributed by atoms with van der Waals surface area (Å²) >= 11 is 0. The van der Waals surface area contributed by atoms with Crippen LogP contribution in [0.5, 0.6) is 11.5 Å². The van der Waals surface area contributed by atoms with Gasteiger partial charge >= 0.3 is 11.9 Å². The molecule has 0 N–H and O–H groups in total. The molecule has 0 unspecified atom stereocenters. The van der Waals surface area contributed by atoms with Crippen molar-refractivity contribution in [3.8, 4) is 11.5 Å².